The van der Waals surface area contributed by atoms with Gasteiger partial charge in [-0.3, -0.25) is 9.20 Å². The highest BCUT2D eigenvalue weighted by Crippen LogP contribution is 2.52. The van der Waals surface area contributed by atoms with Crippen molar-refractivity contribution < 1.29 is 33.7 Å². The summed E-state index contributed by atoms with van der Waals surface area (Å²) >= 11 is 3.00. The Morgan fingerprint density at radius 1 is 1.24 bits per heavy atom. The lowest BCUT2D eigenvalue weighted by atomic mass is 9.77. The van der Waals surface area contributed by atoms with Crippen LogP contribution in [0.2, 0.25) is 0 Å². The molecule has 1 saturated heterocycles. The minimum atomic E-state index is -0.897. The average molecular weight is 552 g/mol. The van der Waals surface area contributed by atoms with Crippen molar-refractivity contribution in [1.82, 2.24) is 14.3 Å². The molecule has 0 aromatic carbocycles. The number of β-lactam (4-membered cyclic amide) rings is 1. The van der Waals surface area contributed by atoms with Crippen LogP contribution < -0.4 is 0 Å². The maximum absolute atomic E-state index is 13.3. The third-order valence-corrected chi connectivity index (χ3v) is 8.81. The first-order chi connectivity index (χ1) is 17.7. The summed E-state index contributed by atoms with van der Waals surface area (Å²) in [7, 11) is 0. The van der Waals surface area contributed by atoms with Crippen molar-refractivity contribution >= 4 is 51.5 Å². The van der Waals surface area contributed by atoms with Crippen LogP contribution in [0.5, 0.6) is 0 Å². The van der Waals surface area contributed by atoms with Gasteiger partial charge in [0.2, 0.25) is 12.7 Å². The molecule has 0 unspecified atom stereocenters. The number of imidazole rings is 1. The number of hydrogen-bond acceptors (Lipinski definition) is 10. The summed E-state index contributed by atoms with van der Waals surface area (Å²) in [6.45, 7) is 6.90. The number of carbonyl (C=O) groups excluding carboxylic acids is 3. The van der Waals surface area contributed by atoms with Crippen LogP contribution in [-0.4, -0.2) is 68.7 Å². The Hall–Kier alpha value is -2.57. The van der Waals surface area contributed by atoms with Crippen LogP contribution in [0, 0.1) is 11.8 Å². The lowest BCUT2D eigenvalue weighted by molar-refractivity contribution is -0.167. The lowest BCUT2D eigenvalue weighted by Crippen LogP contribution is -2.63. The van der Waals surface area contributed by atoms with E-state index in [4.69, 9.17) is 14.2 Å². The molecule has 12 heteroatoms. The zero-order chi connectivity index (χ0) is 26.9. The van der Waals surface area contributed by atoms with Crippen molar-refractivity contribution in [2.24, 2.45) is 11.8 Å². The molecule has 2 aliphatic heterocycles. The Morgan fingerprint density at radius 2 is 1.95 bits per heavy atom. The number of carbonyl (C=O) groups is 3. The van der Waals surface area contributed by atoms with Crippen LogP contribution in [0.15, 0.2) is 23.2 Å². The summed E-state index contributed by atoms with van der Waals surface area (Å²) in [6, 6.07) is -0.362. The van der Waals surface area contributed by atoms with E-state index in [1.165, 1.54) is 28.0 Å². The summed E-state index contributed by atoms with van der Waals surface area (Å²) in [5, 5.41) is 11.1. The molecule has 0 saturated carbocycles. The zero-order valence-corrected chi connectivity index (χ0v) is 23.3. The second-order valence-corrected chi connectivity index (χ2v) is 11.2. The van der Waals surface area contributed by atoms with Gasteiger partial charge < -0.3 is 24.2 Å². The maximum atomic E-state index is 13.3. The number of fused-ring (bicyclic) bond motifs is 2. The van der Waals surface area contributed by atoms with Crippen molar-refractivity contribution in [1.29, 1.82) is 0 Å². The van der Waals surface area contributed by atoms with Crippen molar-refractivity contribution in [2.45, 2.75) is 76.7 Å². The van der Waals surface area contributed by atoms with Gasteiger partial charge >= 0.3 is 12.1 Å². The standard InChI is InChI=1S/C25H33N3O7S2/c1-6-8-15(9-7-2)35-25(32)34-12-33-24(31)20-17(13(3)19-18(14(4)29)22(30)28(19)20)16-10-27-11-26-21(36-5)23(27)37-16/h10-11,13-15,18-19,29H,6-9,12H2,1-5H3/t13-,14+,18+,19+/m0/s1. The fourth-order valence-electron chi connectivity index (χ4n) is 5.20. The van der Waals surface area contributed by atoms with Gasteiger partial charge in [0, 0.05) is 17.7 Å². The minimum Gasteiger partial charge on any atom is -0.431 e. The summed E-state index contributed by atoms with van der Waals surface area (Å²) in [6.07, 6.45) is 6.73. The molecule has 1 amide bonds. The molecule has 1 N–H and O–H groups in total. The normalized spacial score (nSPS) is 21.9. The number of thioether (sulfide) groups is 1. The van der Waals surface area contributed by atoms with Crippen LogP contribution >= 0.6 is 23.1 Å². The molecule has 0 bridgehead atoms. The van der Waals surface area contributed by atoms with E-state index in [2.05, 4.69) is 4.98 Å². The number of nitrogens with zero attached hydrogens (tertiary/aromatic N) is 3. The number of aromatic nitrogens is 2. The SMILES string of the molecule is CCCC(CCC)OC(=O)OCOC(=O)C1=C(c2cn3cnc(SC)c3s2)[C@H](C)[C@@H]2[C@@H]([C@@H](C)O)C(=O)N12. The highest BCUT2D eigenvalue weighted by atomic mass is 32.2. The molecule has 202 valence electrons. The Bertz CT molecular complexity index is 1200. The predicted molar refractivity (Wildman–Crippen MR) is 139 cm³/mol. The first-order valence-corrected chi connectivity index (χ1v) is 14.5. The summed E-state index contributed by atoms with van der Waals surface area (Å²) < 4.78 is 17.5. The van der Waals surface area contributed by atoms with Crippen LogP contribution in [0.3, 0.4) is 0 Å². The van der Waals surface area contributed by atoms with Gasteiger partial charge in [-0.15, -0.1) is 23.1 Å². The fourth-order valence-corrected chi connectivity index (χ4v) is 7.12. The number of amides is 1. The van der Waals surface area contributed by atoms with Gasteiger partial charge in [-0.1, -0.05) is 33.6 Å². The second-order valence-electron chi connectivity index (χ2n) is 9.34. The second kappa shape index (κ2) is 11.4. The first-order valence-electron chi connectivity index (χ1n) is 12.5. The smallest absolute Gasteiger partial charge is 0.431 e. The Balaban J connectivity index is 1.55. The lowest BCUT2D eigenvalue weighted by Gasteiger charge is -2.46. The summed E-state index contributed by atoms with van der Waals surface area (Å²) in [4.78, 5) is 45.9. The van der Waals surface area contributed by atoms with Crippen LogP contribution in [0.4, 0.5) is 4.79 Å². The van der Waals surface area contributed by atoms with E-state index in [1.807, 2.05) is 37.6 Å². The van der Waals surface area contributed by atoms with E-state index in [0.29, 0.717) is 5.57 Å². The van der Waals surface area contributed by atoms with Gasteiger partial charge in [0.15, 0.2) is 0 Å². The molecule has 4 heterocycles. The Labute approximate surface area is 224 Å². The maximum Gasteiger partial charge on any atom is 0.511 e. The average Bonchev–Trinajstić information content (AvgIpc) is 3.48. The van der Waals surface area contributed by atoms with Crippen LogP contribution in [0.25, 0.3) is 10.4 Å². The molecule has 10 nitrogen and oxygen atoms in total. The molecule has 2 aromatic rings. The third kappa shape index (κ3) is 5.10. The molecule has 2 aliphatic rings. The Kier molecular flexibility index (Phi) is 8.49. The molecule has 0 spiro atoms. The third-order valence-electron chi connectivity index (χ3n) is 6.86. The molecular formula is C25H33N3O7S2. The van der Waals surface area contributed by atoms with Gasteiger partial charge in [0.25, 0.3) is 0 Å². The molecular weight excluding hydrogens is 518 g/mol. The molecule has 4 atom stereocenters. The predicted octanol–water partition coefficient (Wildman–Crippen LogP) is 4.31. The fraction of sp³-hybridized carbons (Fsp3) is 0.600. The molecule has 2 aromatic heterocycles. The number of ether oxygens (including phenoxy) is 3. The molecule has 37 heavy (non-hydrogen) atoms. The number of rotatable bonds is 11. The van der Waals surface area contributed by atoms with Crippen LogP contribution in [-0.2, 0) is 23.8 Å². The number of esters is 1. The van der Waals surface area contributed by atoms with E-state index in [1.54, 1.807) is 13.3 Å². The monoisotopic (exact) mass is 551 g/mol. The summed E-state index contributed by atoms with van der Waals surface area (Å²) in [5.74, 6) is -1.92. The van der Waals surface area contributed by atoms with E-state index in [-0.39, 0.29) is 29.7 Å². The topological polar surface area (TPSA) is 120 Å². The first kappa shape index (κ1) is 27.5. The van der Waals surface area contributed by atoms with E-state index in [9.17, 15) is 19.5 Å². The van der Waals surface area contributed by atoms with E-state index in [0.717, 1.165) is 40.4 Å². The van der Waals surface area contributed by atoms with Crippen molar-refractivity contribution in [3.8, 4) is 0 Å². The highest BCUT2D eigenvalue weighted by Gasteiger charge is 2.60. The van der Waals surface area contributed by atoms with Gasteiger partial charge in [-0.05, 0) is 26.0 Å². The number of aliphatic hydroxyl groups is 1. The summed E-state index contributed by atoms with van der Waals surface area (Å²) in [5.41, 5.74) is 0.787. The molecule has 4 rings (SSSR count). The quantitative estimate of drug-likeness (QED) is 0.189. The van der Waals surface area contributed by atoms with Gasteiger partial charge in [0.1, 0.15) is 28.0 Å². The number of aliphatic hydroxyl groups excluding tert-OH is 1. The number of hydrogen-bond donors (Lipinski definition) is 1. The molecule has 0 aliphatic carbocycles. The minimum absolute atomic E-state index is 0.120. The highest BCUT2D eigenvalue weighted by molar-refractivity contribution is 7.98. The van der Waals surface area contributed by atoms with Crippen LogP contribution in [0.1, 0.15) is 58.3 Å². The van der Waals surface area contributed by atoms with Crippen molar-refractivity contribution in [2.75, 3.05) is 13.0 Å². The Morgan fingerprint density at radius 3 is 2.57 bits per heavy atom. The van der Waals surface area contributed by atoms with E-state index >= 15 is 0 Å². The van der Waals surface area contributed by atoms with Crippen molar-refractivity contribution in [3.63, 3.8) is 0 Å². The largest absolute Gasteiger partial charge is 0.511 e. The van der Waals surface area contributed by atoms with Gasteiger partial charge in [-0.25, -0.2) is 14.6 Å². The zero-order valence-electron chi connectivity index (χ0n) is 21.6. The van der Waals surface area contributed by atoms with E-state index < -0.39 is 30.9 Å². The number of thiazole rings is 1. The van der Waals surface area contributed by atoms with Gasteiger partial charge in [-0.2, -0.15) is 0 Å². The van der Waals surface area contributed by atoms with Crippen molar-refractivity contribution in [3.05, 3.63) is 23.1 Å². The molecule has 0 radical (unpaired) electrons. The molecule has 1 fully saturated rings. The van der Waals surface area contributed by atoms with Gasteiger partial charge in [0.05, 0.1) is 22.9 Å².